The smallest absolute Gasteiger partial charge is 0.550 e. The molecule has 2 N–H and O–H groups in total. The Bertz CT molecular complexity index is 158. The average molecular weight is 180 g/mol. The van der Waals surface area contributed by atoms with Gasteiger partial charge < -0.3 is 9.90 Å². The van der Waals surface area contributed by atoms with Gasteiger partial charge in [0, 0.05) is 5.97 Å². The third-order valence-electron chi connectivity index (χ3n) is 0. The molecule has 0 heterocycles. The predicted molar refractivity (Wildman–Crippen MR) is 24.9 cm³/mol. The van der Waals surface area contributed by atoms with Gasteiger partial charge in [0.2, 0.25) is 0 Å². The Balaban J connectivity index is -0.0000000910. The van der Waals surface area contributed by atoms with Gasteiger partial charge in [-0.2, -0.15) is 8.42 Å². The first-order valence-electron chi connectivity index (χ1n) is 1.61. The zero-order valence-electron chi connectivity index (χ0n) is 5.44. The molecule has 0 aliphatic rings. The van der Waals surface area contributed by atoms with Gasteiger partial charge in [0.15, 0.2) is 0 Å². The summed E-state index contributed by atoms with van der Waals surface area (Å²) in [6.45, 7) is 0.972. The molecule has 0 atom stereocenters. The van der Waals surface area contributed by atoms with Crippen LogP contribution in [0.1, 0.15) is 6.92 Å². The molecule has 6 nitrogen and oxygen atoms in total. The van der Waals surface area contributed by atoms with Gasteiger partial charge >= 0.3 is 40.0 Å². The zero-order valence-corrected chi connectivity index (χ0v) is 8.25. The van der Waals surface area contributed by atoms with Crippen molar-refractivity contribution in [3.63, 3.8) is 0 Å². The monoisotopic (exact) mass is 180 g/mol. The van der Waals surface area contributed by atoms with E-state index in [4.69, 9.17) is 27.4 Å². The molecule has 56 valence electrons. The number of carboxylic acids is 1. The molecule has 0 saturated carbocycles. The van der Waals surface area contributed by atoms with Gasteiger partial charge in [-0.3, -0.25) is 9.11 Å². The largest absolute Gasteiger partial charge is 1.00 e. The van der Waals surface area contributed by atoms with E-state index in [1.165, 1.54) is 0 Å². The van der Waals surface area contributed by atoms with E-state index in [9.17, 15) is 0 Å². The predicted octanol–water partition coefficient (Wildman–Crippen LogP) is -4.89. The number of hydrogen-bond donors (Lipinski definition) is 2. The fourth-order valence-corrected chi connectivity index (χ4v) is 0. The second kappa shape index (κ2) is 7.45. The molecule has 0 rings (SSSR count). The first-order valence-corrected chi connectivity index (χ1v) is 3.00. The maximum absolute atomic E-state index is 8.89. The minimum absolute atomic E-state index is 0. The van der Waals surface area contributed by atoms with Crippen molar-refractivity contribution in [3.05, 3.63) is 0 Å². The number of carbonyl (C=O) groups is 1. The Morgan fingerprint density at radius 3 is 1.40 bits per heavy atom. The van der Waals surface area contributed by atoms with Gasteiger partial charge in [0.25, 0.3) is 0 Å². The number of rotatable bonds is 0. The van der Waals surface area contributed by atoms with E-state index in [1.807, 2.05) is 0 Å². The van der Waals surface area contributed by atoms with E-state index in [2.05, 4.69) is 0 Å². The van der Waals surface area contributed by atoms with Crippen LogP contribution in [0.3, 0.4) is 0 Å². The van der Waals surface area contributed by atoms with Crippen LogP contribution in [-0.2, 0) is 15.2 Å². The van der Waals surface area contributed by atoms with E-state index in [-0.39, 0.29) is 29.6 Å². The summed E-state index contributed by atoms with van der Waals surface area (Å²) in [5.41, 5.74) is 0. The average Bonchev–Trinajstić information content (AvgIpc) is 1.19. The molecule has 0 aromatic carbocycles. The minimum atomic E-state index is -4.67. The molecule has 0 bridgehead atoms. The van der Waals surface area contributed by atoms with Gasteiger partial charge in [0.1, 0.15) is 0 Å². The molecule has 0 unspecified atom stereocenters. The molecular weight excluding hydrogens is 175 g/mol. The molecule has 0 aromatic rings. The summed E-state index contributed by atoms with van der Waals surface area (Å²) in [5, 5.41) is 8.89. The van der Waals surface area contributed by atoms with Crippen LogP contribution in [0.25, 0.3) is 0 Å². The van der Waals surface area contributed by atoms with Crippen molar-refractivity contribution >= 4 is 16.4 Å². The van der Waals surface area contributed by atoms with Crippen LogP contribution < -0.4 is 34.7 Å². The second-order valence-electron chi connectivity index (χ2n) is 0.939. The number of hydrogen-bond acceptors (Lipinski definition) is 4. The summed E-state index contributed by atoms with van der Waals surface area (Å²) < 4.78 is 31.6. The Labute approximate surface area is 80.1 Å². The Hall–Kier alpha value is 0.340. The number of aliphatic carboxylic acids is 1. The topological polar surface area (TPSA) is 115 Å². The molecule has 0 saturated heterocycles. The molecular formula is C2H5NaO6S. The van der Waals surface area contributed by atoms with E-state index >= 15 is 0 Å². The Morgan fingerprint density at radius 2 is 1.40 bits per heavy atom. The Kier molecular flexibility index (Phi) is 12.5. The molecule has 0 aliphatic carbocycles. The van der Waals surface area contributed by atoms with Crippen LogP contribution in [0.2, 0.25) is 0 Å². The van der Waals surface area contributed by atoms with Gasteiger partial charge in [-0.1, -0.05) is 0 Å². The van der Waals surface area contributed by atoms with Crippen LogP contribution in [0.5, 0.6) is 0 Å². The quantitative estimate of drug-likeness (QED) is 0.285. The summed E-state index contributed by atoms with van der Waals surface area (Å²) in [7, 11) is -4.67. The number of carboxylic acid groups (broad SMARTS) is 1. The van der Waals surface area contributed by atoms with Crippen molar-refractivity contribution < 1.29 is 57.0 Å². The third-order valence-corrected chi connectivity index (χ3v) is 0. The van der Waals surface area contributed by atoms with E-state index in [1.54, 1.807) is 0 Å². The zero-order chi connectivity index (χ0) is 8.08. The summed E-state index contributed by atoms with van der Waals surface area (Å²) in [6, 6.07) is 0. The molecule has 0 amide bonds. The fraction of sp³-hybridized carbons (Fsp3) is 0.500. The second-order valence-corrected chi connectivity index (χ2v) is 1.84. The van der Waals surface area contributed by atoms with Crippen LogP contribution >= 0.6 is 0 Å². The van der Waals surface area contributed by atoms with Gasteiger partial charge in [-0.15, -0.1) is 0 Å². The van der Waals surface area contributed by atoms with Crippen molar-refractivity contribution in [1.82, 2.24) is 0 Å². The molecule has 0 radical (unpaired) electrons. The Morgan fingerprint density at radius 1 is 1.40 bits per heavy atom. The standard InChI is InChI=1S/C2H4O2.Na.H2O4S/c1-2(3)4;;1-5(2,3)4/h1H3,(H,3,4);;(H2,1,2,3,4)/q;+1;/p-1. The summed E-state index contributed by atoms with van der Waals surface area (Å²) in [6.07, 6.45) is 0. The van der Waals surface area contributed by atoms with E-state index in [0.717, 1.165) is 6.92 Å². The molecule has 0 aliphatic heterocycles. The molecule has 8 heteroatoms. The minimum Gasteiger partial charge on any atom is -0.550 e. The SMILES string of the molecule is CC(=O)[O-].O=S(=O)(O)O.[Na+]. The third kappa shape index (κ3) is 3890. The summed E-state index contributed by atoms with van der Waals surface area (Å²) in [4.78, 5) is 8.89. The van der Waals surface area contributed by atoms with Crippen molar-refractivity contribution in [2.75, 3.05) is 0 Å². The molecule has 10 heavy (non-hydrogen) atoms. The molecule has 0 fully saturated rings. The van der Waals surface area contributed by atoms with Gasteiger partial charge in [-0.25, -0.2) is 0 Å². The van der Waals surface area contributed by atoms with Crippen LogP contribution in [0.15, 0.2) is 0 Å². The van der Waals surface area contributed by atoms with Crippen molar-refractivity contribution in [1.29, 1.82) is 0 Å². The van der Waals surface area contributed by atoms with Crippen LogP contribution in [-0.4, -0.2) is 23.5 Å². The van der Waals surface area contributed by atoms with Crippen LogP contribution in [0, 0.1) is 0 Å². The summed E-state index contributed by atoms with van der Waals surface area (Å²) >= 11 is 0. The van der Waals surface area contributed by atoms with Gasteiger partial charge in [0.05, 0.1) is 0 Å². The van der Waals surface area contributed by atoms with E-state index in [0.29, 0.717) is 0 Å². The van der Waals surface area contributed by atoms with Crippen LogP contribution in [0.4, 0.5) is 0 Å². The van der Waals surface area contributed by atoms with E-state index < -0.39 is 16.4 Å². The molecule has 0 spiro atoms. The summed E-state index contributed by atoms with van der Waals surface area (Å²) in [5.74, 6) is -1.08. The maximum Gasteiger partial charge on any atom is 1.00 e. The first-order chi connectivity index (χ1) is 3.73. The maximum atomic E-state index is 8.89. The first kappa shape index (κ1) is 16.7. The van der Waals surface area contributed by atoms with Crippen molar-refractivity contribution in [2.45, 2.75) is 6.92 Å². The number of carbonyl (C=O) groups excluding carboxylic acids is 1. The van der Waals surface area contributed by atoms with Crippen molar-refractivity contribution in [2.24, 2.45) is 0 Å². The molecule has 0 aromatic heterocycles. The normalized spacial score (nSPS) is 8.30. The van der Waals surface area contributed by atoms with Crippen molar-refractivity contribution in [3.8, 4) is 0 Å². The fourth-order valence-electron chi connectivity index (χ4n) is 0. The van der Waals surface area contributed by atoms with Gasteiger partial charge in [-0.05, 0) is 6.92 Å².